The van der Waals surface area contributed by atoms with E-state index in [0.717, 1.165) is 36.7 Å². The fourth-order valence-corrected chi connectivity index (χ4v) is 1.94. The van der Waals surface area contributed by atoms with Gasteiger partial charge in [0.2, 0.25) is 0 Å². The first-order chi connectivity index (χ1) is 7.66. The zero-order valence-corrected chi connectivity index (χ0v) is 9.32. The molecule has 5 heteroatoms. The molecule has 5 nitrogen and oxygen atoms in total. The summed E-state index contributed by atoms with van der Waals surface area (Å²) in [6.45, 7) is 2.71. The van der Waals surface area contributed by atoms with Gasteiger partial charge in [0.05, 0.1) is 12.1 Å². The highest BCUT2D eigenvalue weighted by molar-refractivity contribution is 5.67. The predicted octanol–water partition coefficient (Wildman–Crippen LogP) is 1.59. The summed E-state index contributed by atoms with van der Waals surface area (Å²) in [5.41, 5.74) is 1.79. The van der Waals surface area contributed by atoms with E-state index in [2.05, 4.69) is 9.97 Å². The van der Waals surface area contributed by atoms with Crippen LogP contribution in [0.5, 0.6) is 0 Å². The number of carbonyl (C=O) groups is 1. The number of H-pyrrole nitrogens is 1. The first-order valence-corrected chi connectivity index (χ1v) is 5.55. The number of nitrogens with one attached hydrogen (secondary N) is 1. The van der Waals surface area contributed by atoms with E-state index in [1.165, 1.54) is 0 Å². The molecule has 1 aromatic rings. The maximum atomic E-state index is 10.5. The van der Waals surface area contributed by atoms with Crippen LogP contribution in [0.4, 0.5) is 0 Å². The third-order valence-corrected chi connectivity index (χ3v) is 2.81. The number of hydrogen-bond donors (Lipinski definition) is 2. The van der Waals surface area contributed by atoms with Crippen molar-refractivity contribution < 1.29 is 14.6 Å². The quantitative estimate of drug-likeness (QED) is 0.814. The topological polar surface area (TPSA) is 75.2 Å². The number of nitrogens with zero attached hydrogens (tertiary/aromatic N) is 1. The van der Waals surface area contributed by atoms with Gasteiger partial charge in [-0.2, -0.15) is 0 Å². The molecule has 1 aliphatic rings. The lowest BCUT2D eigenvalue weighted by atomic mass is 10.2. The molecule has 0 radical (unpaired) electrons. The van der Waals surface area contributed by atoms with Crippen LogP contribution in [0.1, 0.15) is 42.6 Å². The maximum absolute atomic E-state index is 10.5. The second kappa shape index (κ2) is 4.65. The fraction of sp³-hybridized carbons (Fsp3) is 0.636. The Kier molecular flexibility index (Phi) is 3.24. The Labute approximate surface area is 93.8 Å². The van der Waals surface area contributed by atoms with Crippen molar-refractivity contribution in [3.05, 3.63) is 17.2 Å². The zero-order valence-electron chi connectivity index (χ0n) is 9.32. The number of ether oxygens (including phenoxy) is 1. The van der Waals surface area contributed by atoms with E-state index in [0.29, 0.717) is 6.42 Å². The van der Waals surface area contributed by atoms with Gasteiger partial charge in [0.1, 0.15) is 11.9 Å². The first kappa shape index (κ1) is 11.1. The van der Waals surface area contributed by atoms with Gasteiger partial charge in [-0.05, 0) is 19.8 Å². The highest BCUT2D eigenvalue weighted by Crippen LogP contribution is 2.27. The van der Waals surface area contributed by atoms with Crippen LogP contribution in [0.25, 0.3) is 0 Å². The van der Waals surface area contributed by atoms with E-state index < -0.39 is 5.97 Å². The standard InChI is InChI=1S/C11H16N2O3/c1-7-8(4-5-10(14)15)13-11(12-7)9-3-2-6-16-9/h9H,2-6H2,1H3,(H,12,13)(H,14,15). The summed E-state index contributed by atoms with van der Waals surface area (Å²) in [6, 6.07) is 0. The molecule has 1 unspecified atom stereocenters. The Bertz CT molecular complexity index is 381. The maximum Gasteiger partial charge on any atom is 0.303 e. The number of rotatable bonds is 4. The monoisotopic (exact) mass is 224 g/mol. The van der Waals surface area contributed by atoms with Crippen molar-refractivity contribution >= 4 is 5.97 Å². The molecule has 0 amide bonds. The molecule has 1 fully saturated rings. The van der Waals surface area contributed by atoms with E-state index in [9.17, 15) is 4.79 Å². The van der Waals surface area contributed by atoms with Crippen LogP contribution in [-0.4, -0.2) is 27.7 Å². The number of hydrogen-bond acceptors (Lipinski definition) is 3. The smallest absolute Gasteiger partial charge is 0.303 e. The molecule has 2 rings (SSSR count). The second-order valence-corrected chi connectivity index (χ2v) is 4.09. The van der Waals surface area contributed by atoms with Crippen LogP contribution in [0.15, 0.2) is 0 Å². The molecule has 1 atom stereocenters. The Balaban J connectivity index is 2.05. The predicted molar refractivity (Wildman–Crippen MR) is 57.2 cm³/mol. The van der Waals surface area contributed by atoms with Gasteiger partial charge in [-0.1, -0.05) is 0 Å². The van der Waals surface area contributed by atoms with Crippen LogP contribution in [0.2, 0.25) is 0 Å². The highest BCUT2D eigenvalue weighted by atomic mass is 16.5. The van der Waals surface area contributed by atoms with Gasteiger partial charge in [-0.15, -0.1) is 0 Å². The summed E-state index contributed by atoms with van der Waals surface area (Å²) in [5, 5.41) is 8.62. The average Bonchev–Trinajstić information content (AvgIpc) is 2.83. The molecule has 16 heavy (non-hydrogen) atoms. The number of aryl methyl sites for hydroxylation is 2. The number of aromatic amines is 1. The summed E-state index contributed by atoms with van der Waals surface area (Å²) in [5.74, 6) is 0.0523. The molecule has 2 heterocycles. The van der Waals surface area contributed by atoms with E-state index in [4.69, 9.17) is 9.84 Å². The van der Waals surface area contributed by atoms with E-state index >= 15 is 0 Å². The molecule has 2 N–H and O–H groups in total. The van der Waals surface area contributed by atoms with Crippen LogP contribution in [0, 0.1) is 6.92 Å². The van der Waals surface area contributed by atoms with Gasteiger partial charge in [-0.3, -0.25) is 4.79 Å². The lowest BCUT2D eigenvalue weighted by molar-refractivity contribution is -0.136. The zero-order chi connectivity index (χ0) is 11.5. The average molecular weight is 224 g/mol. The number of imidazole rings is 1. The summed E-state index contributed by atoms with van der Waals surface area (Å²) < 4.78 is 5.52. The number of carboxylic acids is 1. The van der Waals surface area contributed by atoms with Crippen molar-refractivity contribution in [1.82, 2.24) is 9.97 Å². The Morgan fingerprint density at radius 2 is 2.50 bits per heavy atom. The van der Waals surface area contributed by atoms with Crippen molar-refractivity contribution in [3.63, 3.8) is 0 Å². The third-order valence-electron chi connectivity index (χ3n) is 2.81. The summed E-state index contributed by atoms with van der Waals surface area (Å²) >= 11 is 0. The van der Waals surface area contributed by atoms with E-state index in [-0.39, 0.29) is 12.5 Å². The van der Waals surface area contributed by atoms with Crippen molar-refractivity contribution in [2.75, 3.05) is 6.61 Å². The molecule has 1 aliphatic heterocycles. The Hall–Kier alpha value is -1.36. The summed E-state index contributed by atoms with van der Waals surface area (Å²) in [6.07, 6.45) is 2.72. The van der Waals surface area contributed by atoms with Gasteiger partial charge in [0, 0.05) is 18.7 Å². The fourth-order valence-electron chi connectivity index (χ4n) is 1.94. The first-order valence-electron chi connectivity index (χ1n) is 5.55. The van der Waals surface area contributed by atoms with Gasteiger partial charge in [-0.25, -0.2) is 4.98 Å². The molecule has 88 valence electrons. The minimum atomic E-state index is -0.791. The molecular formula is C11H16N2O3. The SMILES string of the molecule is Cc1[nH]c(C2CCCO2)nc1CCC(=O)O. The lowest BCUT2D eigenvalue weighted by Gasteiger charge is -2.03. The van der Waals surface area contributed by atoms with Gasteiger partial charge < -0.3 is 14.8 Å². The van der Waals surface area contributed by atoms with Crippen molar-refractivity contribution in [2.45, 2.75) is 38.7 Å². The number of aliphatic carboxylic acids is 1. The Morgan fingerprint density at radius 1 is 1.69 bits per heavy atom. The van der Waals surface area contributed by atoms with Gasteiger partial charge in [0.15, 0.2) is 0 Å². The molecule has 1 saturated heterocycles. The van der Waals surface area contributed by atoms with Gasteiger partial charge >= 0.3 is 5.97 Å². The minimum absolute atomic E-state index is 0.0669. The van der Waals surface area contributed by atoms with E-state index in [1.54, 1.807) is 0 Å². The molecule has 0 saturated carbocycles. The summed E-state index contributed by atoms with van der Waals surface area (Å²) in [4.78, 5) is 18.1. The molecule has 0 aromatic carbocycles. The molecule has 0 bridgehead atoms. The van der Waals surface area contributed by atoms with Crippen LogP contribution >= 0.6 is 0 Å². The molecule has 0 aliphatic carbocycles. The largest absolute Gasteiger partial charge is 0.481 e. The third kappa shape index (κ3) is 2.41. The molecular weight excluding hydrogens is 208 g/mol. The molecule has 1 aromatic heterocycles. The number of carboxylic acid groups (broad SMARTS) is 1. The van der Waals surface area contributed by atoms with Gasteiger partial charge in [0.25, 0.3) is 0 Å². The highest BCUT2D eigenvalue weighted by Gasteiger charge is 2.21. The number of aromatic nitrogens is 2. The Morgan fingerprint density at radius 3 is 3.12 bits per heavy atom. The normalized spacial score (nSPS) is 20.2. The van der Waals surface area contributed by atoms with Crippen molar-refractivity contribution in [3.8, 4) is 0 Å². The second-order valence-electron chi connectivity index (χ2n) is 4.09. The summed E-state index contributed by atoms with van der Waals surface area (Å²) in [7, 11) is 0. The van der Waals surface area contributed by atoms with E-state index in [1.807, 2.05) is 6.92 Å². The minimum Gasteiger partial charge on any atom is -0.481 e. The van der Waals surface area contributed by atoms with Crippen molar-refractivity contribution in [2.24, 2.45) is 0 Å². The van der Waals surface area contributed by atoms with Crippen LogP contribution < -0.4 is 0 Å². The lowest BCUT2D eigenvalue weighted by Crippen LogP contribution is -2.00. The van der Waals surface area contributed by atoms with Crippen LogP contribution in [0.3, 0.4) is 0 Å². The molecule has 0 spiro atoms. The van der Waals surface area contributed by atoms with Crippen molar-refractivity contribution in [1.29, 1.82) is 0 Å². The van der Waals surface area contributed by atoms with Crippen LogP contribution in [-0.2, 0) is 16.0 Å².